The molecule has 2 rings (SSSR count). The molecule has 0 aliphatic heterocycles. The first-order chi connectivity index (χ1) is 13.7. The molecule has 0 bridgehead atoms. The van der Waals surface area contributed by atoms with Gasteiger partial charge in [-0.2, -0.15) is 0 Å². The van der Waals surface area contributed by atoms with E-state index in [0.29, 0.717) is 28.6 Å². The van der Waals surface area contributed by atoms with E-state index in [2.05, 4.69) is 14.8 Å². The second kappa shape index (κ2) is 10.6. The summed E-state index contributed by atoms with van der Waals surface area (Å²) < 4.78 is 31.5. The maximum Gasteiger partial charge on any atom is 0.340 e. The molecule has 1 amide bonds. The number of nitrogens with one attached hydrogen (secondary N) is 2. The van der Waals surface area contributed by atoms with Gasteiger partial charge in [-0.1, -0.05) is 23.2 Å². The number of amides is 1. The van der Waals surface area contributed by atoms with Crippen molar-refractivity contribution in [1.29, 1.82) is 0 Å². The number of halogens is 2. The number of sulfonamides is 1. The lowest BCUT2D eigenvalue weighted by atomic mass is 10.1. The van der Waals surface area contributed by atoms with Gasteiger partial charge < -0.3 is 10.1 Å². The molecule has 0 radical (unpaired) electrons. The molecule has 7 nitrogen and oxygen atoms in total. The molecule has 0 unspecified atom stereocenters. The van der Waals surface area contributed by atoms with Crippen molar-refractivity contribution in [1.82, 2.24) is 4.72 Å². The van der Waals surface area contributed by atoms with Crippen LogP contribution in [0, 0.1) is 0 Å². The van der Waals surface area contributed by atoms with Crippen LogP contribution < -0.4 is 10.0 Å². The Balaban J connectivity index is 1.81. The third kappa shape index (κ3) is 7.01. The molecular weight excluding hydrogens is 439 g/mol. The summed E-state index contributed by atoms with van der Waals surface area (Å²) in [4.78, 5) is 24.0. The normalized spacial score (nSPS) is 11.1. The number of rotatable bonds is 9. The SMILES string of the molecule is COC(=O)c1cc(Cl)ccc1NC(=O)CCCCNS(=O)(=O)c1ccc(Cl)cc1. The Hall–Kier alpha value is -2.13. The molecule has 2 N–H and O–H groups in total. The number of ether oxygens (including phenoxy) is 1. The second-order valence-electron chi connectivity index (χ2n) is 6.04. The largest absolute Gasteiger partial charge is 0.465 e. The minimum atomic E-state index is -3.62. The van der Waals surface area contributed by atoms with Gasteiger partial charge in [-0.25, -0.2) is 17.9 Å². The first-order valence-electron chi connectivity index (χ1n) is 8.66. The average Bonchev–Trinajstić information content (AvgIpc) is 2.68. The van der Waals surface area contributed by atoms with Crippen LogP contribution in [0.15, 0.2) is 47.4 Å². The van der Waals surface area contributed by atoms with Crippen LogP contribution >= 0.6 is 23.2 Å². The highest BCUT2D eigenvalue weighted by Gasteiger charge is 2.15. The Morgan fingerprint density at radius 2 is 1.66 bits per heavy atom. The van der Waals surface area contributed by atoms with E-state index in [1.54, 1.807) is 6.07 Å². The summed E-state index contributed by atoms with van der Waals surface area (Å²) >= 11 is 11.6. The molecule has 29 heavy (non-hydrogen) atoms. The van der Waals surface area contributed by atoms with Gasteiger partial charge >= 0.3 is 5.97 Å². The lowest BCUT2D eigenvalue weighted by Crippen LogP contribution is -2.25. The van der Waals surface area contributed by atoms with Crippen molar-refractivity contribution < 1.29 is 22.7 Å². The van der Waals surface area contributed by atoms with Crippen LogP contribution in [-0.2, 0) is 19.6 Å². The summed E-state index contributed by atoms with van der Waals surface area (Å²) in [6.45, 7) is 0.187. The summed E-state index contributed by atoms with van der Waals surface area (Å²) in [7, 11) is -2.39. The Bertz CT molecular complexity index is 979. The second-order valence-corrected chi connectivity index (χ2v) is 8.68. The third-order valence-electron chi connectivity index (χ3n) is 3.91. The molecule has 10 heteroatoms. The molecule has 0 aliphatic rings. The number of carbonyl (C=O) groups is 2. The smallest absolute Gasteiger partial charge is 0.340 e. The van der Waals surface area contributed by atoms with Crippen molar-refractivity contribution in [2.24, 2.45) is 0 Å². The third-order valence-corrected chi connectivity index (χ3v) is 5.87. The number of anilines is 1. The monoisotopic (exact) mass is 458 g/mol. The van der Waals surface area contributed by atoms with E-state index in [0.717, 1.165) is 0 Å². The van der Waals surface area contributed by atoms with Crippen LogP contribution in [0.2, 0.25) is 10.0 Å². The minimum Gasteiger partial charge on any atom is -0.465 e. The van der Waals surface area contributed by atoms with E-state index in [4.69, 9.17) is 23.2 Å². The van der Waals surface area contributed by atoms with Gasteiger partial charge in [-0.05, 0) is 55.3 Å². The average molecular weight is 459 g/mol. The molecule has 0 heterocycles. The number of esters is 1. The fourth-order valence-electron chi connectivity index (χ4n) is 2.43. The van der Waals surface area contributed by atoms with Crippen LogP contribution in [-0.4, -0.2) is 33.9 Å². The zero-order chi connectivity index (χ0) is 21.4. The van der Waals surface area contributed by atoms with E-state index < -0.39 is 16.0 Å². The fourth-order valence-corrected chi connectivity index (χ4v) is 3.80. The lowest BCUT2D eigenvalue weighted by molar-refractivity contribution is -0.116. The van der Waals surface area contributed by atoms with Crippen LogP contribution in [0.4, 0.5) is 5.69 Å². The minimum absolute atomic E-state index is 0.123. The molecule has 156 valence electrons. The van der Waals surface area contributed by atoms with Crippen molar-refractivity contribution >= 4 is 50.8 Å². The van der Waals surface area contributed by atoms with Crippen LogP contribution in [0.1, 0.15) is 29.6 Å². The maximum atomic E-state index is 12.2. The lowest BCUT2D eigenvalue weighted by Gasteiger charge is -2.10. The number of carbonyl (C=O) groups excluding carboxylic acids is 2. The van der Waals surface area contributed by atoms with Crippen LogP contribution in [0.3, 0.4) is 0 Å². The van der Waals surface area contributed by atoms with Gasteiger partial charge in [0.25, 0.3) is 0 Å². The highest BCUT2D eigenvalue weighted by atomic mass is 35.5. The number of benzene rings is 2. The van der Waals surface area contributed by atoms with Crippen LogP contribution in [0.5, 0.6) is 0 Å². The standard InChI is InChI=1S/C19H20Cl2N2O5S/c1-28-19(25)16-12-14(21)7-10-17(16)23-18(24)4-2-3-11-22-29(26,27)15-8-5-13(20)6-9-15/h5-10,12,22H,2-4,11H2,1H3,(H,23,24). The predicted octanol–water partition coefficient (Wildman–Crippen LogP) is 3.87. The van der Waals surface area contributed by atoms with Gasteiger partial charge in [0, 0.05) is 23.0 Å². The quantitative estimate of drug-likeness (QED) is 0.438. The van der Waals surface area contributed by atoms with E-state index in [1.807, 2.05) is 0 Å². The van der Waals surface area contributed by atoms with E-state index >= 15 is 0 Å². The molecule has 0 saturated carbocycles. The highest BCUT2D eigenvalue weighted by molar-refractivity contribution is 7.89. The molecule has 0 fully saturated rings. The topological polar surface area (TPSA) is 102 Å². The van der Waals surface area contributed by atoms with E-state index in [9.17, 15) is 18.0 Å². The Kier molecular flexibility index (Phi) is 8.45. The molecular formula is C19H20Cl2N2O5S. The maximum absolute atomic E-state index is 12.2. The first kappa shape index (κ1) is 23.2. The molecule has 2 aromatic carbocycles. The fraction of sp³-hybridized carbons (Fsp3) is 0.263. The Morgan fingerprint density at radius 1 is 1.00 bits per heavy atom. The van der Waals surface area contributed by atoms with Crippen LogP contribution in [0.25, 0.3) is 0 Å². The Morgan fingerprint density at radius 3 is 2.31 bits per heavy atom. The number of hydrogen-bond acceptors (Lipinski definition) is 5. The molecule has 0 saturated heterocycles. The van der Waals surface area contributed by atoms with Gasteiger partial charge in [0.1, 0.15) is 0 Å². The van der Waals surface area contributed by atoms with Gasteiger partial charge in [-0.3, -0.25) is 4.79 Å². The number of methoxy groups -OCH3 is 1. The number of unbranched alkanes of at least 4 members (excludes halogenated alkanes) is 1. The molecule has 0 spiro atoms. The van der Waals surface area contributed by atoms with Crippen molar-refractivity contribution in [3.05, 3.63) is 58.1 Å². The Labute approximate surface area is 179 Å². The molecule has 2 aromatic rings. The van der Waals surface area contributed by atoms with Crippen molar-refractivity contribution in [2.45, 2.75) is 24.2 Å². The van der Waals surface area contributed by atoms with Crippen molar-refractivity contribution in [3.63, 3.8) is 0 Å². The van der Waals surface area contributed by atoms with Gasteiger partial charge in [0.05, 0.1) is 23.3 Å². The summed E-state index contributed by atoms with van der Waals surface area (Å²) in [6.07, 6.45) is 1.08. The highest BCUT2D eigenvalue weighted by Crippen LogP contribution is 2.22. The van der Waals surface area contributed by atoms with Gasteiger partial charge in [0.2, 0.25) is 15.9 Å². The van der Waals surface area contributed by atoms with E-state index in [-0.39, 0.29) is 29.3 Å². The van der Waals surface area contributed by atoms with Crippen molar-refractivity contribution in [3.8, 4) is 0 Å². The molecule has 0 atom stereocenters. The number of hydrogen-bond donors (Lipinski definition) is 2. The summed E-state index contributed by atoms with van der Waals surface area (Å²) in [5.74, 6) is -0.919. The summed E-state index contributed by atoms with van der Waals surface area (Å²) in [6, 6.07) is 10.3. The predicted molar refractivity (Wildman–Crippen MR) is 112 cm³/mol. The van der Waals surface area contributed by atoms with Gasteiger partial charge in [-0.15, -0.1) is 0 Å². The molecule has 0 aliphatic carbocycles. The zero-order valence-corrected chi connectivity index (χ0v) is 17.9. The van der Waals surface area contributed by atoms with Crippen molar-refractivity contribution in [2.75, 3.05) is 19.0 Å². The van der Waals surface area contributed by atoms with E-state index in [1.165, 1.54) is 43.5 Å². The molecule has 0 aromatic heterocycles. The summed E-state index contributed by atoms with van der Waals surface area (Å²) in [5.41, 5.74) is 0.457. The summed E-state index contributed by atoms with van der Waals surface area (Å²) in [5, 5.41) is 3.44. The zero-order valence-electron chi connectivity index (χ0n) is 15.6. The van der Waals surface area contributed by atoms with Gasteiger partial charge in [0.15, 0.2) is 0 Å². The first-order valence-corrected chi connectivity index (χ1v) is 10.9.